The number of allylic oxidation sites excluding steroid dienone is 2. The molecule has 0 unspecified atom stereocenters. The zero-order valence-electron chi connectivity index (χ0n) is 18.2. The molecular formula is C25H25N5O. The van der Waals surface area contributed by atoms with Gasteiger partial charge in [0, 0.05) is 18.7 Å². The number of nitriles is 3. The lowest BCUT2D eigenvalue weighted by molar-refractivity contribution is -0.126. The van der Waals surface area contributed by atoms with E-state index in [-0.39, 0.29) is 23.0 Å². The fourth-order valence-electron chi connectivity index (χ4n) is 5.95. The summed E-state index contributed by atoms with van der Waals surface area (Å²) in [7, 11) is 1.69. The first-order valence-corrected chi connectivity index (χ1v) is 10.5. The van der Waals surface area contributed by atoms with Crippen LogP contribution < -0.4 is 4.90 Å². The highest BCUT2D eigenvalue weighted by Crippen LogP contribution is 2.63. The number of carbonyl (C=O) groups is 1. The minimum atomic E-state index is -1.81. The van der Waals surface area contributed by atoms with E-state index in [2.05, 4.69) is 39.0 Å². The quantitative estimate of drug-likeness (QED) is 0.647. The monoisotopic (exact) mass is 411 g/mol. The molecule has 1 saturated carbocycles. The van der Waals surface area contributed by atoms with Gasteiger partial charge in [0.05, 0.1) is 23.9 Å². The molecule has 0 aromatic heterocycles. The van der Waals surface area contributed by atoms with E-state index in [1.165, 1.54) is 0 Å². The molecule has 0 saturated heterocycles. The molecule has 1 fully saturated rings. The minimum Gasteiger partial charge on any atom is -0.314 e. The molecular weight excluding hydrogens is 386 g/mol. The number of carbonyl (C=O) groups excluding carboxylic acids is 1. The number of hydrogen-bond donors (Lipinski definition) is 1. The van der Waals surface area contributed by atoms with Crippen molar-refractivity contribution in [3.05, 3.63) is 41.5 Å². The van der Waals surface area contributed by atoms with Crippen LogP contribution in [0.1, 0.15) is 39.2 Å². The zero-order valence-corrected chi connectivity index (χ0v) is 18.2. The largest absolute Gasteiger partial charge is 0.314 e. The summed E-state index contributed by atoms with van der Waals surface area (Å²) >= 11 is 0. The SMILES string of the molecule is CN1C(=O)[C@@]2(c3ccccc31)[C@@H]1C[C@@H](C(C)(C)C)CC=C1C(C#N)(C#N)C(=N)[C@@H]2C#N. The third kappa shape index (κ3) is 2.35. The van der Waals surface area contributed by atoms with Crippen molar-refractivity contribution < 1.29 is 4.79 Å². The summed E-state index contributed by atoms with van der Waals surface area (Å²) < 4.78 is 0. The summed E-state index contributed by atoms with van der Waals surface area (Å²) in [5.41, 5.74) is -1.48. The summed E-state index contributed by atoms with van der Waals surface area (Å²) in [6.45, 7) is 6.44. The molecule has 1 spiro atoms. The number of hydrogen-bond acceptors (Lipinski definition) is 5. The number of nitrogens with zero attached hydrogens (tertiary/aromatic N) is 4. The summed E-state index contributed by atoms with van der Waals surface area (Å²) in [5, 5.41) is 39.3. The van der Waals surface area contributed by atoms with E-state index in [0.717, 1.165) is 5.69 Å². The van der Waals surface area contributed by atoms with Gasteiger partial charge < -0.3 is 10.3 Å². The van der Waals surface area contributed by atoms with Crippen LogP contribution in [0.15, 0.2) is 35.9 Å². The lowest BCUT2D eigenvalue weighted by atomic mass is 9.45. The van der Waals surface area contributed by atoms with Crippen LogP contribution in [0.5, 0.6) is 0 Å². The maximum Gasteiger partial charge on any atom is 0.239 e. The van der Waals surface area contributed by atoms with E-state index in [1.807, 2.05) is 30.3 Å². The van der Waals surface area contributed by atoms with Gasteiger partial charge in [0.25, 0.3) is 0 Å². The molecule has 1 amide bonds. The number of benzene rings is 1. The number of anilines is 1. The van der Waals surface area contributed by atoms with Crippen LogP contribution in [0.4, 0.5) is 5.69 Å². The van der Waals surface area contributed by atoms with Gasteiger partial charge in [-0.05, 0) is 41.4 Å². The Hall–Kier alpha value is -3.43. The predicted molar refractivity (Wildman–Crippen MR) is 116 cm³/mol. The first-order chi connectivity index (χ1) is 14.6. The summed E-state index contributed by atoms with van der Waals surface area (Å²) in [6.07, 6.45) is 3.17. The third-order valence-corrected chi connectivity index (χ3v) is 7.71. The highest BCUT2D eigenvalue weighted by molar-refractivity contribution is 6.15. The van der Waals surface area contributed by atoms with Gasteiger partial charge in [0.1, 0.15) is 11.3 Å². The Morgan fingerprint density at radius 1 is 1.16 bits per heavy atom. The van der Waals surface area contributed by atoms with Gasteiger partial charge in [-0.3, -0.25) is 4.79 Å². The van der Waals surface area contributed by atoms with Gasteiger partial charge in [0.2, 0.25) is 11.3 Å². The highest BCUT2D eigenvalue weighted by atomic mass is 16.2. The Morgan fingerprint density at radius 2 is 1.81 bits per heavy atom. The molecule has 1 heterocycles. The molecule has 1 N–H and O–H groups in total. The van der Waals surface area contributed by atoms with Crippen LogP contribution in [-0.4, -0.2) is 18.7 Å². The Labute approximate surface area is 182 Å². The normalized spacial score (nSPS) is 31.2. The molecule has 6 nitrogen and oxygen atoms in total. The van der Waals surface area contributed by atoms with E-state index >= 15 is 0 Å². The fraction of sp³-hybridized carbons (Fsp3) is 0.480. The number of amides is 1. The average Bonchev–Trinajstić information content (AvgIpc) is 2.97. The van der Waals surface area contributed by atoms with Crippen molar-refractivity contribution in [3.63, 3.8) is 0 Å². The molecule has 6 heteroatoms. The summed E-state index contributed by atoms with van der Waals surface area (Å²) in [5.74, 6) is -1.71. The minimum absolute atomic E-state index is 0.0503. The smallest absolute Gasteiger partial charge is 0.239 e. The van der Waals surface area contributed by atoms with Gasteiger partial charge >= 0.3 is 0 Å². The topological polar surface area (TPSA) is 116 Å². The van der Waals surface area contributed by atoms with Crippen LogP contribution in [0, 0.1) is 68.0 Å². The van der Waals surface area contributed by atoms with E-state index in [4.69, 9.17) is 5.41 Å². The molecule has 0 radical (unpaired) electrons. The van der Waals surface area contributed by atoms with Crippen LogP contribution in [0.2, 0.25) is 0 Å². The molecule has 1 aromatic rings. The molecule has 156 valence electrons. The molecule has 4 rings (SSSR count). The Balaban J connectivity index is 2.09. The van der Waals surface area contributed by atoms with Crippen molar-refractivity contribution in [2.75, 3.05) is 11.9 Å². The van der Waals surface area contributed by atoms with Gasteiger partial charge in [0.15, 0.2) is 0 Å². The number of nitrogens with one attached hydrogen (secondary N) is 1. The van der Waals surface area contributed by atoms with Crippen molar-refractivity contribution in [2.45, 2.75) is 39.0 Å². The lowest BCUT2D eigenvalue weighted by Crippen LogP contribution is -2.62. The second kappa shape index (κ2) is 6.53. The van der Waals surface area contributed by atoms with E-state index < -0.39 is 22.7 Å². The van der Waals surface area contributed by atoms with Crippen molar-refractivity contribution >= 4 is 17.3 Å². The number of fused-ring (bicyclic) bond motifs is 4. The first-order valence-electron chi connectivity index (χ1n) is 10.5. The lowest BCUT2D eigenvalue weighted by Gasteiger charge is -2.53. The van der Waals surface area contributed by atoms with Gasteiger partial charge in [-0.25, -0.2) is 0 Å². The van der Waals surface area contributed by atoms with Crippen LogP contribution in [-0.2, 0) is 10.2 Å². The molecule has 1 aliphatic heterocycles. The van der Waals surface area contributed by atoms with Crippen LogP contribution in [0.3, 0.4) is 0 Å². The Bertz CT molecular complexity index is 1140. The van der Waals surface area contributed by atoms with Crippen LogP contribution >= 0.6 is 0 Å². The second-order valence-electron chi connectivity index (χ2n) is 9.95. The van der Waals surface area contributed by atoms with Crippen molar-refractivity contribution in [1.29, 1.82) is 21.2 Å². The molecule has 4 atom stereocenters. The van der Waals surface area contributed by atoms with Crippen molar-refractivity contribution in [2.24, 2.45) is 28.6 Å². The molecule has 3 aliphatic rings. The second-order valence-corrected chi connectivity index (χ2v) is 9.95. The van der Waals surface area contributed by atoms with E-state index in [0.29, 0.717) is 24.0 Å². The summed E-state index contributed by atoms with van der Waals surface area (Å²) in [6, 6.07) is 13.7. The maximum atomic E-state index is 13.9. The molecule has 0 bridgehead atoms. The van der Waals surface area contributed by atoms with Gasteiger partial charge in [-0.1, -0.05) is 45.0 Å². The van der Waals surface area contributed by atoms with Crippen molar-refractivity contribution in [3.8, 4) is 18.2 Å². The maximum absolute atomic E-state index is 13.9. The Kier molecular flexibility index (Phi) is 4.39. The number of rotatable bonds is 0. The third-order valence-electron chi connectivity index (χ3n) is 7.71. The van der Waals surface area contributed by atoms with E-state index in [9.17, 15) is 20.6 Å². The Morgan fingerprint density at radius 3 is 2.39 bits per heavy atom. The molecule has 1 aromatic carbocycles. The van der Waals surface area contributed by atoms with Gasteiger partial charge in [-0.15, -0.1) is 0 Å². The number of para-hydroxylation sites is 1. The van der Waals surface area contributed by atoms with E-state index in [1.54, 1.807) is 11.9 Å². The standard InChI is InChI=1S/C25H25N5O/c1-23(2,3)15-9-10-16-18(11-15)25(19(12-26)21(29)24(16,13-27)14-28)17-7-5-6-8-20(17)30(4)22(25)31/h5-8,10,15,18-19,29H,9,11H2,1-4H3/t15-,18+,19-,25-/m0/s1. The zero-order chi connectivity index (χ0) is 22.8. The predicted octanol–water partition coefficient (Wildman–Crippen LogP) is 4.11. The van der Waals surface area contributed by atoms with Gasteiger partial charge in [-0.2, -0.15) is 15.8 Å². The fourth-order valence-corrected chi connectivity index (χ4v) is 5.95. The molecule has 2 aliphatic carbocycles. The first kappa shape index (κ1) is 20.8. The average molecular weight is 412 g/mol. The van der Waals surface area contributed by atoms with Crippen LogP contribution in [0.25, 0.3) is 0 Å². The van der Waals surface area contributed by atoms with Crippen molar-refractivity contribution in [1.82, 2.24) is 0 Å². The highest BCUT2D eigenvalue weighted by Gasteiger charge is 2.70. The molecule has 31 heavy (non-hydrogen) atoms. The summed E-state index contributed by atoms with van der Waals surface area (Å²) in [4.78, 5) is 15.5. The number of likely N-dealkylation sites (N-methyl/N-ethyl adjacent to an activating group) is 1.